The van der Waals surface area contributed by atoms with Crippen molar-refractivity contribution in [2.75, 3.05) is 52.9 Å². The molecule has 10 heteroatoms. The fourth-order valence-electron chi connectivity index (χ4n) is 4.06. The van der Waals surface area contributed by atoms with Gasteiger partial charge in [0.2, 0.25) is 5.91 Å². The second kappa shape index (κ2) is 11.4. The topological polar surface area (TPSA) is 92.7 Å². The Morgan fingerprint density at radius 3 is 2.58 bits per heavy atom. The molecule has 2 aliphatic heterocycles. The summed E-state index contributed by atoms with van der Waals surface area (Å²) in [5.41, 5.74) is 2.16. The van der Waals surface area contributed by atoms with Crippen LogP contribution in [0.3, 0.4) is 0 Å². The van der Waals surface area contributed by atoms with E-state index >= 15 is 0 Å². The lowest BCUT2D eigenvalue weighted by Gasteiger charge is -2.36. The highest BCUT2D eigenvalue weighted by Crippen LogP contribution is 2.15. The van der Waals surface area contributed by atoms with Gasteiger partial charge in [-0.2, -0.15) is 5.10 Å². The Morgan fingerprint density at radius 2 is 1.90 bits per heavy atom. The number of H-pyrrole nitrogens is 1. The van der Waals surface area contributed by atoms with Gasteiger partial charge >= 0.3 is 0 Å². The number of nitrogens with zero attached hydrogens (tertiary/aromatic N) is 6. The first-order valence-corrected chi connectivity index (χ1v) is 10.6. The van der Waals surface area contributed by atoms with Gasteiger partial charge < -0.3 is 15.1 Å². The molecule has 1 amide bonds. The highest BCUT2D eigenvalue weighted by atomic mass is 127. The number of piperazine rings is 1. The van der Waals surface area contributed by atoms with Crippen molar-refractivity contribution >= 4 is 35.8 Å². The zero-order valence-electron chi connectivity index (χ0n) is 18.0. The maximum atomic E-state index is 12.4. The van der Waals surface area contributed by atoms with E-state index in [-0.39, 0.29) is 29.9 Å². The molecule has 0 bridgehead atoms. The summed E-state index contributed by atoms with van der Waals surface area (Å²) in [5.74, 6) is 1.93. The van der Waals surface area contributed by atoms with Crippen LogP contribution in [0.1, 0.15) is 18.4 Å². The van der Waals surface area contributed by atoms with Gasteiger partial charge in [-0.1, -0.05) is 18.2 Å². The molecular weight excluding hydrogens is 507 g/mol. The van der Waals surface area contributed by atoms with Crippen molar-refractivity contribution in [3.8, 4) is 11.4 Å². The van der Waals surface area contributed by atoms with Crippen LogP contribution in [-0.4, -0.2) is 94.6 Å². The zero-order chi connectivity index (χ0) is 20.8. The third-order valence-electron chi connectivity index (χ3n) is 5.77. The fraction of sp³-hybridized carbons (Fsp3) is 0.524. The number of benzene rings is 1. The predicted octanol–water partition coefficient (Wildman–Crippen LogP) is 1.41. The minimum absolute atomic E-state index is 0. The second-order valence-corrected chi connectivity index (χ2v) is 7.79. The van der Waals surface area contributed by atoms with Crippen LogP contribution < -0.4 is 5.32 Å². The van der Waals surface area contributed by atoms with Crippen LogP contribution in [0.5, 0.6) is 0 Å². The molecular formula is C21H31IN8O. The number of aliphatic imine (C=N–C) groups is 1. The standard InChI is InChI=1S/C21H30N8O.HI/c1-22-21(23-14-17-5-4-6-18(13-17)20-24-16-25-26-20)29-11-9-27(10-12-29)15-19(30)28-7-2-3-8-28;/h4-6,13,16H,2-3,7-12,14-15H2,1H3,(H,22,23)(H,24,25,26);1H. The van der Waals surface area contributed by atoms with Crippen LogP contribution >= 0.6 is 24.0 Å². The molecule has 2 N–H and O–H groups in total. The molecule has 9 nitrogen and oxygen atoms in total. The van der Waals surface area contributed by atoms with Gasteiger partial charge in [-0.15, -0.1) is 24.0 Å². The zero-order valence-corrected chi connectivity index (χ0v) is 20.3. The maximum absolute atomic E-state index is 12.4. The second-order valence-electron chi connectivity index (χ2n) is 7.79. The molecule has 0 aliphatic carbocycles. The van der Waals surface area contributed by atoms with Crippen LogP contribution in [-0.2, 0) is 11.3 Å². The summed E-state index contributed by atoms with van der Waals surface area (Å²) in [6, 6.07) is 8.22. The Labute approximate surface area is 200 Å². The van der Waals surface area contributed by atoms with E-state index in [4.69, 9.17) is 0 Å². The summed E-state index contributed by atoms with van der Waals surface area (Å²) in [6.45, 7) is 6.55. The smallest absolute Gasteiger partial charge is 0.236 e. The minimum Gasteiger partial charge on any atom is -0.352 e. The summed E-state index contributed by atoms with van der Waals surface area (Å²) in [7, 11) is 1.82. The molecule has 168 valence electrons. The van der Waals surface area contributed by atoms with E-state index in [1.807, 2.05) is 24.1 Å². The van der Waals surface area contributed by atoms with Gasteiger partial charge in [0.05, 0.1) is 6.54 Å². The monoisotopic (exact) mass is 538 g/mol. The van der Waals surface area contributed by atoms with Crippen molar-refractivity contribution in [3.05, 3.63) is 36.2 Å². The van der Waals surface area contributed by atoms with Gasteiger partial charge in [0.1, 0.15) is 6.33 Å². The number of carbonyl (C=O) groups is 1. The van der Waals surface area contributed by atoms with E-state index in [1.54, 1.807) is 0 Å². The summed E-state index contributed by atoms with van der Waals surface area (Å²) >= 11 is 0. The largest absolute Gasteiger partial charge is 0.352 e. The summed E-state index contributed by atoms with van der Waals surface area (Å²) < 4.78 is 0. The summed E-state index contributed by atoms with van der Waals surface area (Å²) in [5, 5.41) is 10.3. The molecule has 1 aromatic carbocycles. The quantitative estimate of drug-likeness (QED) is 0.340. The molecule has 0 saturated carbocycles. The van der Waals surface area contributed by atoms with Gasteiger partial charge in [-0.05, 0) is 24.5 Å². The highest BCUT2D eigenvalue weighted by Gasteiger charge is 2.24. The Hall–Kier alpha value is -2.21. The number of carbonyl (C=O) groups excluding carboxylic acids is 1. The number of aromatic nitrogens is 3. The highest BCUT2D eigenvalue weighted by molar-refractivity contribution is 14.0. The molecule has 0 radical (unpaired) electrons. The van der Waals surface area contributed by atoms with Crippen molar-refractivity contribution in [2.24, 2.45) is 4.99 Å². The lowest BCUT2D eigenvalue weighted by atomic mass is 10.1. The lowest BCUT2D eigenvalue weighted by molar-refractivity contribution is -0.131. The number of nitrogens with one attached hydrogen (secondary N) is 2. The molecule has 0 unspecified atom stereocenters. The number of hydrogen-bond acceptors (Lipinski definition) is 5. The molecule has 3 heterocycles. The van der Waals surface area contributed by atoms with Crippen molar-refractivity contribution in [1.82, 2.24) is 35.2 Å². The molecule has 0 spiro atoms. The van der Waals surface area contributed by atoms with Gasteiger partial charge in [0.25, 0.3) is 0 Å². The third kappa shape index (κ3) is 6.16. The summed E-state index contributed by atoms with van der Waals surface area (Å²) in [4.78, 5) is 27.6. The van der Waals surface area contributed by atoms with E-state index in [1.165, 1.54) is 6.33 Å². The predicted molar refractivity (Wildman–Crippen MR) is 131 cm³/mol. The Kier molecular flexibility index (Phi) is 8.64. The SMILES string of the molecule is CN=C(NCc1cccc(-c2ncn[nH]2)c1)N1CCN(CC(=O)N2CCCC2)CC1.I. The number of guanidine groups is 1. The van der Waals surface area contributed by atoms with Gasteiger partial charge in [-0.3, -0.25) is 19.8 Å². The first-order chi connectivity index (χ1) is 14.7. The third-order valence-corrected chi connectivity index (χ3v) is 5.77. The van der Waals surface area contributed by atoms with Crippen molar-refractivity contribution in [3.63, 3.8) is 0 Å². The Bertz CT molecular complexity index is 858. The number of amides is 1. The van der Waals surface area contributed by atoms with Crippen LogP contribution in [0, 0.1) is 0 Å². The molecule has 31 heavy (non-hydrogen) atoms. The first kappa shape index (κ1) is 23.5. The molecule has 2 aliphatic rings. The molecule has 4 rings (SSSR count). The van der Waals surface area contributed by atoms with E-state index in [2.05, 4.69) is 47.4 Å². The van der Waals surface area contributed by atoms with E-state index in [9.17, 15) is 4.79 Å². The number of likely N-dealkylation sites (tertiary alicyclic amines) is 1. The Balaban J connectivity index is 0.00000272. The summed E-state index contributed by atoms with van der Waals surface area (Å²) in [6.07, 6.45) is 3.80. The number of aromatic amines is 1. The fourth-order valence-corrected chi connectivity index (χ4v) is 4.06. The van der Waals surface area contributed by atoms with E-state index < -0.39 is 0 Å². The van der Waals surface area contributed by atoms with Gasteiger partial charge in [-0.25, -0.2) is 4.98 Å². The number of halogens is 1. The normalized spacial score (nSPS) is 17.5. The van der Waals surface area contributed by atoms with Crippen LogP contribution in [0.25, 0.3) is 11.4 Å². The molecule has 2 aromatic rings. The molecule has 0 atom stereocenters. The minimum atomic E-state index is 0. The van der Waals surface area contributed by atoms with E-state index in [0.29, 0.717) is 13.1 Å². The van der Waals surface area contributed by atoms with Crippen LogP contribution in [0.4, 0.5) is 0 Å². The average Bonchev–Trinajstić information content (AvgIpc) is 3.50. The molecule has 2 fully saturated rings. The van der Waals surface area contributed by atoms with E-state index in [0.717, 1.165) is 75.0 Å². The molecule has 1 aromatic heterocycles. The van der Waals surface area contributed by atoms with Crippen molar-refractivity contribution in [2.45, 2.75) is 19.4 Å². The van der Waals surface area contributed by atoms with Gasteiger partial charge in [0, 0.05) is 58.4 Å². The van der Waals surface area contributed by atoms with Crippen LogP contribution in [0.2, 0.25) is 0 Å². The lowest BCUT2D eigenvalue weighted by Crippen LogP contribution is -2.54. The van der Waals surface area contributed by atoms with Crippen molar-refractivity contribution in [1.29, 1.82) is 0 Å². The Morgan fingerprint density at radius 1 is 1.13 bits per heavy atom. The van der Waals surface area contributed by atoms with Crippen LogP contribution in [0.15, 0.2) is 35.6 Å². The average molecular weight is 538 g/mol. The molecule has 2 saturated heterocycles. The van der Waals surface area contributed by atoms with Crippen molar-refractivity contribution < 1.29 is 4.79 Å². The maximum Gasteiger partial charge on any atom is 0.236 e. The number of hydrogen-bond donors (Lipinski definition) is 2. The van der Waals surface area contributed by atoms with Gasteiger partial charge in [0.15, 0.2) is 11.8 Å². The number of rotatable bonds is 5. The first-order valence-electron chi connectivity index (χ1n) is 10.6.